The maximum Gasteiger partial charge on any atom is 0.118 e. The predicted molar refractivity (Wildman–Crippen MR) is 394 cm³/mol. The summed E-state index contributed by atoms with van der Waals surface area (Å²) < 4.78 is 5.08. The van der Waals surface area contributed by atoms with E-state index in [0.29, 0.717) is 35.5 Å². The van der Waals surface area contributed by atoms with E-state index < -0.39 is 0 Å². The first kappa shape index (κ1) is 91.3. The van der Waals surface area contributed by atoms with Crippen LogP contribution in [-0.2, 0) is 18.4 Å². The first-order valence-electron chi connectivity index (χ1n) is 34.3. The molecule has 1 N–H and O–H groups in total. The van der Waals surface area contributed by atoms with Crippen molar-refractivity contribution in [3.63, 3.8) is 0 Å². The van der Waals surface area contributed by atoms with Gasteiger partial charge in [0.15, 0.2) is 0 Å². The van der Waals surface area contributed by atoms with Crippen LogP contribution in [0.5, 0.6) is 5.75 Å². The first-order chi connectivity index (χ1) is 40.7. The van der Waals surface area contributed by atoms with Gasteiger partial charge in [0.25, 0.3) is 0 Å². The van der Waals surface area contributed by atoms with Crippen molar-refractivity contribution in [2.24, 2.45) is 0 Å². The lowest BCUT2D eigenvalue weighted by Crippen LogP contribution is -2.11. The topological polar surface area (TPSA) is 29.5 Å². The molecule has 0 spiro atoms. The van der Waals surface area contributed by atoms with Gasteiger partial charge in [-0.1, -0.05) is 327 Å². The molecule has 0 heterocycles. The number of methoxy groups -OCH3 is 1. The number of hydrogen-bond donors (Lipinski definition) is 1. The Labute approximate surface area is 533 Å². The minimum atomic E-state index is 0.143. The number of rotatable bonds is 15. The van der Waals surface area contributed by atoms with Gasteiger partial charge in [-0.2, -0.15) is 0 Å². The van der Waals surface area contributed by atoms with E-state index >= 15 is 0 Å². The van der Waals surface area contributed by atoms with E-state index in [1.54, 1.807) is 7.11 Å². The minimum Gasteiger partial charge on any atom is -0.497 e. The molecule has 6 unspecified atom stereocenters. The molecule has 0 fully saturated rings. The SMILES string of the molecule is CC.CC.CC.CC.CC.CC.CCC(C)c1ccc(C)c(C)c1.CCC(C)c1ccc(C)cc1.CCC(C)c1ccc(OC)cc1.CCC(C)c1cccc(C(C)(C)C)c1.CCC(C)c1cccc(CO)c1.CCc1cccc(C(C)CC)c1. The van der Waals surface area contributed by atoms with E-state index in [1.807, 2.05) is 107 Å². The molecule has 6 aromatic carbocycles. The fourth-order valence-electron chi connectivity index (χ4n) is 7.74. The second-order valence-corrected chi connectivity index (χ2v) is 21.8. The van der Waals surface area contributed by atoms with Gasteiger partial charge in [-0.3, -0.25) is 0 Å². The normalized spacial score (nSPS) is 11.7. The monoisotopic (exact) mass is 1170 g/mol. The van der Waals surface area contributed by atoms with Gasteiger partial charge in [-0.05, 0) is 180 Å². The quantitative estimate of drug-likeness (QED) is 0.111. The third kappa shape index (κ3) is 41.8. The summed E-state index contributed by atoms with van der Waals surface area (Å²) in [6.07, 6.45) is 8.37. The van der Waals surface area contributed by atoms with Crippen LogP contribution in [0.25, 0.3) is 0 Å². The Balaban J connectivity index is -0.000000212. The summed E-state index contributed by atoms with van der Waals surface area (Å²) in [5, 5.41) is 8.92. The fourth-order valence-corrected chi connectivity index (χ4v) is 7.74. The summed E-state index contributed by atoms with van der Waals surface area (Å²) in [5.74, 6) is 4.96. The molecule has 6 rings (SSSR count). The zero-order chi connectivity index (χ0) is 67.1. The molecule has 0 aliphatic rings. The largest absolute Gasteiger partial charge is 0.497 e. The Morgan fingerprint density at radius 3 is 0.988 bits per heavy atom. The highest BCUT2D eigenvalue weighted by molar-refractivity contribution is 5.33. The van der Waals surface area contributed by atoms with Crippen molar-refractivity contribution >= 4 is 0 Å². The molecule has 2 nitrogen and oxygen atoms in total. The minimum absolute atomic E-state index is 0.143. The average Bonchev–Trinajstić information content (AvgIpc) is 3.65. The Hall–Kier alpha value is -4.92. The summed E-state index contributed by atoms with van der Waals surface area (Å²) in [4.78, 5) is 0. The van der Waals surface area contributed by atoms with Crippen molar-refractivity contribution in [2.75, 3.05) is 7.11 Å². The van der Waals surface area contributed by atoms with Crippen molar-refractivity contribution in [3.05, 3.63) is 206 Å². The van der Waals surface area contributed by atoms with Gasteiger partial charge in [-0.15, -0.1) is 0 Å². The van der Waals surface area contributed by atoms with Crippen LogP contribution in [0.4, 0.5) is 0 Å². The van der Waals surface area contributed by atoms with Crippen molar-refractivity contribution in [1.82, 2.24) is 0 Å². The van der Waals surface area contributed by atoms with Gasteiger partial charge in [0, 0.05) is 0 Å². The van der Waals surface area contributed by atoms with Gasteiger partial charge in [0.05, 0.1) is 13.7 Å². The summed E-state index contributed by atoms with van der Waals surface area (Å²) in [6, 6.07) is 50.0. The molecule has 0 aromatic heterocycles. The summed E-state index contributed by atoms with van der Waals surface area (Å²) in [5.41, 5.74) is 16.9. The number of ether oxygens (including phenoxy) is 1. The van der Waals surface area contributed by atoms with Crippen molar-refractivity contribution in [3.8, 4) is 5.75 Å². The van der Waals surface area contributed by atoms with Crippen LogP contribution in [0.2, 0.25) is 0 Å². The van der Waals surface area contributed by atoms with Crippen molar-refractivity contribution in [1.29, 1.82) is 0 Å². The molecule has 6 atom stereocenters. The molecular formula is C83H142O2. The van der Waals surface area contributed by atoms with Crippen LogP contribution in [0, 0.1) is 20.8 Å². The van der Waals surface area contributed by atoms with E-state index in [-0.39, 0.29) is 12.0 Å². The lowest BCUT2D eigenvalue weighted by Gasteiger charge is -2.21. The Kier molecular flexibility index (Phi) is 63.8. The highest BCUT2D eigenvalue weighted by Crippen LogP contribution is 2.28. The van der Waals surface area contributed by atoms with Crippen LogP contribution in [-0.4, -0.2) is 12.2 Å². The summed E-state index contributed by atoms with van der Waals surface area (Å²) in [7, 11) is 1.69. The van der Waals surface area contributed by atoms with Crippen molar-refractivity contribution < 1.29 is 9.84 Å². The lowest BCUT2D eigenvalue weighted by atomic mass is 9.84. The number of aryl methyl sites for hydroxylation is 4. The number of aliphatic hydroxyl groups excluding tert-OH is 1. The molecule has 486 valence electrons. The molecule has 0 radical (unpaired) electrons. The molecule has 0 saturated carbocycles. The highest BCUT2D eigenvalue weighted by atomic mass is 16.5. The van der Waals surface area contributed by atoms with E-state index in [0.717, 1.165) is 24.2 Å². The molecule has 85 heavy (non-hydrogen) atoms. The zero-order valence-electron chi connectivity index (χ0n) is 62.3. The molecule has 0 amide bonds. The van der Waals surface area contributed by atoms with Gasteiger partial charge < -0.3 is 9.84 Å². The van der Waals surface area contributed by atoms with Gasteiger partial charge in [-0.25, -0.2) is 0 Å². The lowest BCUT2D eigenvalue weighted by molar-refractivity contribution is 0.281. The van der Waals surface area contributed by atoms with Gasteiger partial charge in [0.2, 0.25) is 0 Å². The maximum absolute atomic E-state index is 8.92. The second-order valence-electron chi connectivity index (χ2n) is 21.8. The summed E-state index contributed by atoms with van der Waals surface area (Å²) in [6.45, 7) is 66.5. The molecule has 0 bridgehead atoms. The number of hydrogen-bond acceptors (Lipinski definition) is 2. The van der Waals surface area contributed by atoms with Crippen LogP contribution in [0.1, 0.15) is 335 Å². The van der Waals surface area contributed by atoms with E-state index in [2.05, 4.69) is 247 Å². The van der Waals surface area contributed by atoms with Crippen LogP contribution in [0.15, 0.2) is 140 Å². The average molecular weight is 1170 g/mol. The second kappa shape index (κ2) is 59.4. The third-order valence-electron chi connectivity index (χ3n) is 15.1. The molecule has 0 saturated heterocycles. The fraction of sp³-hybridized carbons (Fsp3) is 0.566. The predicted octanol–water partition coefficient (Wildman–Crippen LogP) is 27.6. The first-order valence-corrected chi connectivity index (χ1v) is 34.3. The van der Waals surface area contributed by atoms with Gasteiger partial charge in [0.1, 0.15) is 5.75 Å². The smallest absolute Gasteiger partial charge is 0.118 e. The molecule has 2 heteroatoms. The third-order valence-corrected chi connectivity index (χ3v) is 15.1. The Bertz CT molecular complexity index is 2280. The molecule has 6 aromatic rings. The number of benzene rings is 6. The van der Waals surface area contributed by atoms with Gasteiger partial charge >= 0.3 is 0 Å². The molecular weight excluding hydrogens is 1030 g/mol. The summed E-state index contributed by atoms with van der Waals surface area (Å²) >= 11 is 0. The molecule has 0 aliphatic heterocycles. The maximum atomic E-state index is 8.92. The van der Waals surface area contributed by atoms with E-state index in [9.17, 15) is 0 Å². The standard InChI is InChI=1S/C14H22.2C12H18.2C11H16O.C11H16.6C2H6/c1-6-11(2)12-8-7-9-13(10-12)14(3,4)5;1-5-9(2)12-7-6-10(3)11(4)8-12;1-4-10(3)12-8-6-7-11(5-2)9-12;1-4-9(2)10-5-7-11(12-3)8-6-10;1-3-9(2)11-6-4-5-10(7-11)8-12;1-4-10(3)11-7-5-9(2)6-8-11;6*1-2/h7-11H,6H2,1-5H3;6-9H,5H2,1-4H3;6-10H,4-5H2,1-3H3;5-9H,4H2,1-3H3;4-7,9,12H,3,8H2,1-2H3;5-8,10H,4H2,1-3H3;6*1-2H3. The zero-order valence-corrected chi connectivity index (χ0v) is 62.3. The number of aliphatic hydroxyl groups is 1. The van der Waals surface area contributed by atoms with Crippen LogP contribution >= 0.6 is 0 Å². The highest BCUT2D eigenvalue weighted by Gasteiger charge is 2.15. The Morgan fingerprint density at radius 2 is 0.659 bits per heavy atom. The van der Waals surface area contributed by atoms with Crippen LogP contribution in [0.3, 0.4) is 0 Å². The van der Waals surface area contributed by atoms with E-state index in [4.69, 9.17) is 9.84 Å². The molecule has 0 aliphatic carbocycles. The van der Waals surface area contributed by atoms with E-state index in [1.165, 1.54) is 93.3 Å². The van der Waals surface area contributed by atoms with Crippen molar-refractivity contribution in [2.45, 2.75) is 307 Å². The Morgan fingerprint density at radius 1 is 0.353 bits per heavy atom. The van der Waals surface area contributed by atoms with Crippen LogP contribution < -0.4 is 4.74 Å².